The van der Waals surface area contributed by atoms with Crippen molar-refractivity contribution in [3.8, 4) is 11.6 Å². The summed E-state index contributed by atoms with van der Waals surface area (Å²) in [6.07, 6.45) is 3.25. The van der Waals surface area contributed by atoms with E-state index >= 15 is 0 Å². The Morgan fingerprint density at radius 3 is 2.92 bits per heavy atom. The summed E-state index contributed by atoms with van der Waals surface area (Å²) in [4.78, 5) is 19.7. The third kappa shape index (κ3) is 3.19. The van der Waals surface area contributed by atoms with Crippen LogP contribution in [-0.2, 0) is 7.05 Å². The molecule has 24 heavy (non-hydrogen) atoms. The molecule has 0 fully saturated rings. The predicted octanol–water partition coefficient (Wildman–Crippen LogP) is 2.97. The molecule has 2 N–H and O–H groups in total. The number of aryl methyl sites for hydroxylation is 1. The highest BCUT2D eigenvalue weighted by atomic mass is 35.5. The van der Waals surface area contributed by atoms with Crippen LogP contribution in [0.1, 0.15) is 24.2 Å². The Bertz CT molecular complexity index is 905. The van der Waals surface area contributed by atoms with Gasteiger partial charge in [-0.15, -0.1) is 0 Å². The van der Waals surface area contributed by atoms with Crippen molar-refractivity contribution in [2.75, 3.05) is 0 Å². The van der Waals surface area contributed by atoms with E-state index < -0.39 is 0 Å². The van der Waals surface area contributed by atoms with Crippen molar-refractivity contribution in [2.45, 2.75) is 19.9 Å². The van der Waals surface area contributed by atoms with E-state index in [9.17, 15) is 4.79 Å². The Labute approximate surface area is 144 Å². The Morgan fingerprint density at radius 2 is 2.21 bits per heavy atom. The van der Waals surface area contributed by atoms with Gasteiger partial charge in [0.05, 0.1) is 0 Å². The molecule has 7 heteroatoms. The summed E-state index contributed by atoms with van der Waals surface area (Å²) in [5, 5.41) is 3.47. The second-order valence-corrected chi connectivity index (χ2v) is 6.18. The van der Waals surface area contributed by atoms with Crippen LogP contribution in [0.2, 0.25) is 5.02 Å². The quantitative estimate of drug-likeness (QED) is 0.714. The monoisotopic (exact) mass is 345 g/mol. The maximum Gasteiger partial charge on any atom is 0.392 e. The zero-order valence-electron chi connectivity index (χ0n) is 13.6. The molecule has 0 aliphatic heterocycles. The molecule has 0 saturated carbocycles. The standard InChI is InChI=1S/C17H17ClN4O2/c1-10(2)21-17(23)13-8-19-16-15(13)22(3)14(9-20-16)24-12-6-4-5-11(18)7-12/h4-10H,1-3H3,(H,21,23)/p+1. The van der Waals surface area contributed by atoms with Gasteiger partial charge in [0.15, 0.2) is 0 Å². The molecule has 3 aromatic rings. The van der Waals surface area contributed by atoms with E-state index in [2.05, 4.69) is 15.3 Å². The summed E-state index contributed by atoms with van der Waals surface area (Å²) in [6, 6.07) is 7.15. The van der Waals surface area contributed by atoms with Gasteiger partial charge < -0.3 is 15.0 Å². The van der Waals surface area contributed by atoms with Crippen molar-refractivity contribution in [3.63, 3.8) is 0 Å². The highest BCUT2D eigenvalue weighted by molar-refractivity contribution is 6.30. The van der Waals surface area contributed by atoms with Gasteiger partial charge in [0.1, 0.15) is 24.6 Å². The lowest BCUT2D eigenvalue weighted by Gasteiger charge is -2.07. The van der Waals surface area contributed by atoms with E-state index in [1.54, 1.807) is 41.2 Å². The number of hydrogen-bond acceptors (Lipinski definition) is 3. The maximum atomic E-state index is 12.4. The molecule has 0 unspecified atom stereocenters. The fraction of sp³-hybridized carbons (Fsp3) is 0.235. The fourth-order valence-corrected chi connectivity index (χ4v) is 2.60. The first-order valence-corrected chi connectivity index (χ1v) is 7.94. The average Bonchev–Trinajstić information content (AvgIpc) is 2.94. The SMILES string of the molecule is CC(C)NC(=O)c1c[nH]c2ncc(Oc3cccc(Cl)c3)[n+](C)c12. The van der Waals surface area contributed by atoms with Crippen LogP contribution in [0, 0.1) is 0 Å². The highest BCUT2D eigenvalue weighted by Crippen LogP contribution is 2.23. The van der Waals surface area contributed by atoms with Crippen LogP contribution >= 0.6 is 11.6 Å². The normalized spacial score (nSPS) is 11.0. The van der Waals surface area contributed by atoms with Crippen LogP contribution in [0.25, 0.3) is 11.2 Å². The van der Waals surface area contributed by atoms with Gasteiger partial charge in [-0.25, -0.2) is 4.98 Å². The average molecular weight is 346 g/mol. The number of rotatable bonds is 4. The second-order valence-electron chi connectivity index (χ2n) is 5.74. The minimum atomic E-state index is -0.159. The molecule has 124 valence electrons. The van der Waals surface area contributed by atoms with Gasteiger partial charge in [-0.1, -0.05) is 17.7 Å². The van der Waals surface area contributed by atoms with Gasteiger partial charge in [-0.2, -0.15) is 4.57 Å². The summed E-state index contributed by atoms with van der Waals surface area (Å²) in [6.45, 7) is 3.83. The molecule has 0 bridgehead atoms. The number of amides is 1. The molecule has 2 aromatic heterocycles. The van der Waals surface area contributed by atoms with Crippen LogP contribution in [0.3, 0.4) is 0 Å². The number of aromatic amines is 1. The number of nitrogens with one attached hydrogen (secondary N) is 2. The predicted molar refractivity (Wildman–Crippen MR) is 91.4 cm³/mol. The molecule has 3 rings (SSSR count). The van der Waals surface area contributed by atoms with E-state index in [0.717, 1.165) is 0 Å². The molecule has 0 atom stereocenters. The second kappa shape index (κ2) is 6.49. The van der Waals surface area contributed by atoms with E-state index in [1.807, 2.05) is 20.9 Å². The van der Waals surface area contributed by atoms with Gasteiger partial charge in [0.2, 0.25) is 5.65 Å². The van der Waals surface area contributed by atoms with Crippen molar-refractivity contribution in [2.24, 2.45) is 7.05 Å². The Morgan fingerprint density at radius 1 is 1.42 bits per heavy atom. The number of H-pyrrole nitrogens is 1. The molecule has 0 spiro atoms. The number of hydrogen-bond donors (Lipinski definition) is 2. The fourth-order valence-electron chi connectivity index (χ4n) is 2.42. The Hall–Kier alpha value is -2.60. The van der Waals surface area contributed by atoms with Gasteiger partial charge in [0, 0.05) is 17.3 Å². The minimum absolute atomic E-state index is 0.0478. The van der Waals surface area contributed by atoms with E-state index in [0.29, 0.717) is 33.4 Å². The molecule has 6 nitrogen and oxygen atoms in total. The van der Waals surface area contributed by atoms with E-state index in [-0.39, 0.29) is 11.9 Å². The first-order valence-electron chi connectivity index (χ1n) is 7.56. The largest absolute Gasteiger partial charge is 0.404 e. The maximum absolute atomic E-state index is 12.4. The van der Waals surface area contributed by atoms with Crippen molar-refractivity contribution in [3.05, 3.63) is 47.2 Å². The molecule has 2 heterocycles. The molecule has 0 aliphatic carbocycles. The zero-order chi connectivity index (χ0) is 17.3. The summed E-state index contributed by atoms with van der Waals surface area (Å²) < 4.78 is 7.64. The Kier molecular flexibility index (Phi) is 4.40. The molecular weight excluding hydrogens is 328 g/mol. The summed E-state index contributed by atoms with van der Waals surface area (Å²) in [7, 11) is 1.82. The van der Waals surface area contributed by atoms with Crippen molar-refractivity contribution < 1.29 is 14.1 Å². The van der Waals surface area contributed by atoms with Crippen LogP contribution in [0.15, 0.2) is 36.7 Å². The van der Waals surface area contributed by atoms with E-state index in [4.69, 9.17) is 16.3 Å². The molecule has 0 saturated heterocycles. The number of carbonyl (C=O) groups is 1. The molecular formula is C17H18ClN4O2+. The number of nitrogens with zero attached hydrogens (tertiary/aromatic N) is 2. The molecule has 1 amide bonds. The highest BCUT2D eigenvalue weighted by Gasteiger charge is 2.24. The summed E-state index contributed by atoms with van der Waals surface area (Å²) >= 11 is 5.98. The number of ether oxygens (including phenoxy) is 1. The third-order valence-corrected chi connectivity index (χ3v) is 3.72. The third-order valence-electron chi connectivity index (χ3n) is 3.49. The first kappa shape index (κ1) is 16.3. The molecule has 1 aromatic carbocycles. The van der Waals surface area contributed by atoms with Gasteiger partial charge in [-0.05, 0) is 32.0 Å². The van der Waals surface area contributed by atoms with Crippen molar-refractivity contribution >= 4 is 28.7 Å². The lowest BCUT2D eigenvalue weighted by molar-refractivity contribution is -0.650. The van der Waals surface area contributed by atoms with Crippen LogP contribution in [0.5, 0.6) is 11.6 Å². The first-order chi connectivity index (χ1) is 11.5. The topological polar surface area (TPSA) is 70.9 Å². The molecule has 0 radical (unpaired) electrons. The van der Waals surface area contributed by atoms with Crippen LogP contribution < -0.4 is 14.6 Å². The lowest BCUT2D eigenvalue weighted by Crippen LogP contribution is -2.35. The number of aromatic nitrogens is 3. The smallest absolute Gasteiger partial charge is 0.392 e. The van der Waals surface area contributed by atoms with Crippen LogP contribution in [0.4, 0.5) is 0 Å². The summed E-state index contributed by atoms with van der Waals surface area (Å²) in [5.74, 6) is 0.944. The van der Waals surface area contributed by atoms with Crippen molar-refractivity contribution in [1.29, 1.82) is 0 Å². The van der Waals surface area contributed by atoms with Gasteiger partial charge in [-0.3, -0.25) is 4.79 Å². The van der Waals surface area contributed by atoms with E-state index in [1.165, 1.54) is 0 Å². The minimum Gasteiger partial charge on any atom is -0.404 e. The van der Waals surface area contributed by atoms with Crippen molar-refractivity contribution in [1.82, 2.24) is 15.3 Å². The number of halogens is 1. The number of fused-ring (bicyclic) bond motifs is 1. The summed E-state index contributed by atoms with van der Waals surface area (Å²) in [5.41, 5.74) is 1.81. The number of benzene rings is 1. The Balaban J connectivity index is 2.02. The zero-order valence-corrected chi connectivity index (χ0v) is 14.4. The number of carbonyl (C=O) groups excluding carboxylic acids is 1. The lowest BCUT2D eigenvalue weighted by atomic mass is 10.2. The molecule has 0 aliphatic rings. The van der Waals surface area contributed by atoms with Gasteiger partial charge in [0.25, 0.3) is 11.4 Å². The van der Waals surface area contributed by atoms with Gasteiger partial charge >= 0.3 is 5.88 Å². The van der Waals surface area contributed by atoms with Crippen LogP contribution in [-0.4, -0.2) is 21.9 Å².